The SMILES string of the molecule is O=C(O)c1ccc(S(=O)(=O)CCOCC2CCCC2)cc1. The van der Waals surface area contributed by atoms with Gasteiger partial charge in [0.2, 0.25) is 0 Å². The number of sulfone groups is 1. The first-order valence-corrected chi connectivity index (χ1v) is 8.78. The highest BCUT2D eigenvalue weighted by Gasteiger charge is 2.17. The van der Waals surface area contributed by atoms with Crippen LogP contribution in [0.4, 0.5) is 0 Å². The van der Waals surface area contributed by atoms with Crippen molar-refractivity contribution < 1.29 is 23.1 Å². The zero-order chi connectivity index (χ0) is 15.3. The van der Waals surface area contributed by atoms with Gasteiger partial charge < -0.3 is 9.84 Å². The lowest BCUT2D eigenvalue weighted by Gasteiger charge is -2.10. The Labute approximate surface area is 124 Å². The maximum absolute atomic E-state index is 12.1. The van der Waals surface area contributed by atoms with Crippen molar-refractivity contribution >= 4 is 15.8 Å². The van der Waals surface area contributed by atoms with E-state index in [0.29, 0.717) is 12.5 Å². The summed E-state index contributed by atoms with van der Waals surface area (Å²) in [6.45, 7) is 0.812. The summed E-state index contributed by atoms with van der Waals surface area (Å²) in [6, 6.07) is 5.26. The smallest absolute Gasteiger partial charge is 0.335 e. The summed E-state index contributed by atoms with van der Waals surface area (Å²) in [7, 11) is -3.42. The lowest BCUT2D eigenvalue weighted by Crippen LogP contribution is -2.15. The molecule has 1 aromatic rings. The molecule has 0 atom stereocenters. The number of rotatable bonds is 7. The molecule has 0 radical (unpaired) electrons. The maximum atomic E-state index is 12.1. The van der Waals surface area contributed by atoms with Crippen LogP contribution in [0.3, 0.4) is 0 Å². The molecule has 1 aliphatic carbocycles. The van der Waals surface area contributed by atoms with Gasteiger partial charge in [-0.2, -0.15) is 0 Å². The molecule has 2 rings (SSSR count). The molecule has 1 aliphatic rings. The fraction of sp³-hybridized carbons (Fsp3) is 0.533. The number of hydrogen-bond acceptors (Lipinski definition) is 4. The Morgan fingerprint density at radius 3 is 2.38 bits per heavy atom. The minimum absolute atomic E-state index is 0.0754. The van der Waals surface area contributed by atoms with Crippen LogP contribution in [0.2, 0.25) is 0 Å². The fourth-order valence-corrected chi connectivity index (χ4v) is 3.64. The molecule has 0 aliphatic heterocycles. The highest BCUT2D eigenvalue weighted by Crippen LogP contribution is 2.24. The molecule has 0 spiro atoms. The zero-order valence-corrected chi connectivity index (χ0v) is 12.6. The zero-order valence-electron chi connectivity index (χ0n) is 11.8. The number of hydrogen-bond donors (Lipinski definition) is 1. The molecule has 1 saturated carbocycles. The van der Waals surface area contributed by atoms with E-state index in [1.807, 2.05) is 0 Å². The monoisotopic (exact) mass is 312 g/mol. The summed E-state index contributed by atoms with van der Waals surface area (Å²) >= 11 is 0. The van der Waals surface area contributed by atoms with Crippen LogP contribution in [0, 0.1) is 5.92 Å². The molecule has 1 fully saturated rings. The molecule has 0 saturated heterocycles. The standard InChI is InChI=1S/C15H20O5S/c16-15(17)13-5-7-14(8-6-13)21(18,19)10-9-20-11-12-3-1-2-4-12/h5-8,12H,1-4,9-11H2,(H,16,17). The van der Waals surface area contributed by atoms with E-state index < -0.39 is 15.8 Å². The number of ether oxygens (including phenoxy) is 1. The Balaban J connectivity index is 1.84. The predicted octanol–water partition coefficient (Wildman–Crippen LogP) is 2.37. The lowest BCUT2D eigenvalue weighted by atomic mass is 10.1. The van der Waals surface area contributed by atoms with Crippen molar-refractivity contribution in [3.05, 3.63) is 29.8 Å². The van der Waals surface area contributed by atoms with Crippen molar-refractivity contribution in [3.8, 4) is 0 Å². The Bertz CT molecular complexity index is 571. The Hall–Kier alpha value is -1.40. The van der Waals surface area contributed by atoms with Crippen LogP contribution in [0.25, 0.3) is 0 Å². The van der Waals surface area contributed by atoms with Crippen LogP contribution in [-0.4, -0.2) is 38.5 Å². The van der Waals surface area contributed by atoms with Gasteiger partial charge in [0.05, 0.1) is 22.8 Å². The van der Waals surface area contributed by atoms with Crippen molar-refractivity contribution in [2.75, 3.05) is 19.0 Å². The van der Waals surface area contributed by atoms with E-state index in [0.717, 1.165) is 0 Å². The summed E-state index contributed by atoms with van der Waals surface area (Å²) in [6.07, 6.45) is 4.82. The Kier molecular flexibility index (Phi) is 5.36. The van der Waals surface area contributed by atoms with E-state index in [2.05, 4.69) is 0 Å². The molecule has 0 unspecified atom stereocenters. The van der Waals surface area contributed by atoms with Crippen molar-refractivity contribution in [1.29, 1.82) is 0 Å². The van der Waals surface area contributed by atoms with Crippen LogP contribution < -0.4 is 0 Å². The summed E-state index contributed by atoms with van der Waals surface area (Å²) in [4.78, 5) is 10.9. The van der Waals surface area contributed by atoms with E-state index in [9.17, 15) is 13.2 Å². The highest BCUT2D eigenvalue weighted by molar-refractivity contribution is 7.91. The molecule has 1 aromatic carbocycles. The first kappa shape index (κ1) is 16.0. The topological polar surface area (TPSA) is 80.7 Å². The van der Waals surface area contributed by atoms with E-state index in [4.69, 9.17) is 9.84 Å². The fourth-order valence-electron chi connectivity index (χ4n) is 2.52. The van der Waals surface area contributed by atoms with Crippen molar-refractivity contribution in [2.24, 2.45) is 5.92 Å². The van der Waals surface area contributed by atoms with Gasteiger partial charge in [-0.05, 0) is 43.0 Å². The molecular weight excluding hydrogens is 292 g/mol. The van der Waals surface area contributed by atoms with E-state index in [1.165, 1.54) is 49.9 Å². The average Bonchev–Trinajstić information content (AvgIpc) is 2.97. The molecule has 0 amide bonds. The van der Waals surface area contributed by atoms with Gasteiger partial charge in [-0.25, -0.2) is 13.2 Å². The molecule has 6 heteroatoms. The summed E-state index contributed by atoms with van der Waals surface area (Å²) in [5.41, 5.74) is 0.0754. The molecule has 21 heavy (non-hydrogen) atoms. The number of aromatic carboxylic acids is 1. The third-order valence-electron chi connectivity index (χ3n) is 3.79. The van der Waals surface area contributed by atoms with E-state index >= 15 is 0 Å². The van der Waals surface area contributed by atoms with Gasteiger partial charge in [0, 0.05) is 6.61 Å². The summed E-state index contributed by atoms with van der Waals surface area (Å²) in [5.74, 6) is -0.576. The van der Waals surface area contributed by atoms with Crippen molar-refractivity contribution in [3.63, 3.8) is 0 Å². The number of carbonyl (C=O) groups is 1. The van der Waals surface area contributed by atoms with Gasteiger partial charge in [-0.3, -0.25) is 0 Å². The maximum Gasteiger partial charge on any atom is 0.335 e. The second-order valence-electron chi connectivity index (χ2n) is 5.37. The second-order valence-corrected chi connectivity index (χ2v) is 7.48. The Morgan fingerprint density at radius 1 is 1.19 bits per heavy atom. The third kappa shape index (κ3) is 4.54. The molecule has 5 nitrogen and oxygen atoms in total. The molecule has 0 aromatic heterocycles. The lowest BCUT2D eigenvalue weighted by molar-refractivity contribution is 0.0696. The number of carboxylic acids is 1. The molecular formula is C15H20O5S. The van der Waals surface area contributed by atoms with Crippen LogP contribution in [-0.2, 0) is 14.6 Å². The van der Waals surface area contributed by atoms with E-state index in [-0.39, 0.29) is 22.8 Å². The summed E-state index contributed by atoms with van der Waals surface area (Å²) < 4.78 is 29.6. The van der Waals surface area contributed by atoms with Gasteiger partial charge in [-0.1, -0.05) is 12.8 Å². The highest BCUT2D eigenvalue weighted by atomic mass is 32.2. The Morgan fingerprint density at radius 2 is 1.81 bits per heavy atom. The van der Waals surface area contributed by atoms with Gasteiger partial charge in [0.15, 0.2) is 9.84 Å². The minimum atomic E-state index is -3.42. The predicted molar refractivity (Wildman–Crippen MR) is 78.2 cm³/mol. The number of carboxylic acid groups (broad SMARTS) is 1. The third-order valence-corrected chi connectivity index (χ3v) is 5.48. The molecule has 0 bridgehead atoms. The van der Waals surface area contributed by atoms with Crippen LogP contribution in [0.1, 0.15) is 36.0 Å². The van der Waals surface area contributed by atoms with Gasteiger partial charge in [0.25, 0.3) is 0 Å². The average molecular weight is 312 g/mol. The molecule has 1 N–H and O–H groups in total. The van der Waals surface area contributed by atoms with Gasteiger partial charge in [-0.15, -0.1) is 0 Å². The van der Waals surface area contributed by atoms with E-state index in [1.54, 1.807) is 0 Å². The largest absolute Gasteiger partial charge is 0.478 e. The normalized spacial score (nSPS) is 16.2. The summed E-state index contributed by atoms with van der Waals surface area (Å²) in [5, 5.41) is 8.79. The molecule has 0 heterocycles. The molecule has 116 valence electrons. The first-order chi connectivity index (χ1) is 9.99. The number of benzene rings is 1. The van der Waals surface area contributed by atoms with Crippen LogP contribution in [0.5, 0.6) is 0 Å². The van der Waals surface area contributed by atoms with Crippen molar-refractivity contribution in [2.45, 2.75) is 30.6 Å². The second kappa shape index (κ2) is 7.04. The van der Waals surface area contributed by atoms with Crippen LogP contribution in [0.15, 0.2) is 29.2 Å². The minimum Gasteiger partial charge on any atom is -0.478 e. The van der Waals surface area contributed by atoms with Crippen molar-refractivity contribution in [1.82, 2.24) is 0 Å². The van der Waals surface area contributed by atoms with Gasteiger partial charge in [0.1, 0.15) is 0 Å². The van der Waals surface area contributed by atoms with Gasteiger partial charge >= 0.3 is 5.97 Å². The first-order valence-electron chi connectivity index (χ1n) is 7.13. The quantitative estimate of drug-likeness (QED) is 0.782. The van der Waals surface area contributed by atoms with Crippen LogP contribution >= 0.6 is 0 Å².